The average Bonchev–Trinajstić information content (AvgIpc) is 2.81. The Morgan fingerprint density at radius 3 is 2.67 bits per heavy atom. The van der Waals surface area contributed by atoms with Crippen molar-refractivity contribution in [2.45, 2.75) is 26.7 Å². The number of hydrogen-bond acceptors (Lipinski definition) is 2. The Kier molecular flexibility index (Phi) is 3.85. The maximum Gasteiger partial charge on any atom is 0.169 e. The lowest BCUT2D eigenvalue weighted by molar-refractivity contribution is 0.0863. The van der Waals surface area contributed by atoms with Crippen LogP contribution in [0.2, 0.25) is 0 Å². The zero-order chi connectivity index (χ0) is 15.0. The van der Waals surface area contributed by atoms with E-state index in [9.17, 15) is 4.79 Å². The van der Waals surface area contributed by atoms with Crippen molar-refractivity contribution in [1.82, 2.24) is 9.47 Å². The van der Waals surface area contributed by atoms with E-state index in [4.69, 9.17) is 0 Å². The number of ketones is 1. The second-order valence-electron chi connectivity index (χ2n) is 5.98. The molecule has 1 heterocycles. The van der Waals surface area contributed by atoms with Crippen molar-refractivity contribution in [3.05, 3.63) is 35.5 Å². The van der Waals surface area contributed by atoms with Crippen LogP contribution in [0.25, 0.3) is 10.9 Å². The first-order valence-electron chi connectivity index (χ1n) is 8.00. The second kappa shape index (κ2) is 5.64. The molecule has 1 aromatic carbocycles. The van der Waals surface area contributed by atoms with E-state index in [2.05, 4.69) is 42.5 Å². The summed E-state index contributed by atoms with van der Waals surface area (Å²) in [7, 11) is 2.08. The molecule has 3 heteroatoms. The molecule has 0 N–H and O–H groups in total. The van der Waals surface area contributed by atoms with Crippen LogP contribution in [0.15, 0.2) is 24.3 Å². The molecule has 1 aliphatic carbocycles. The van der Waals surface area contributed by atoms with Crippen LogP contribution < -0.4 is 0 Å². The Morgan fingerprint density at radius 2 is 1.95 bits per heavy atom. The summed E-state index contributed by atoms with van der Waals surface area (Å²) in [6.07, 6.45) is 1.99. The van der Waals surface area contributed by atoms with E-state index in [0.29, 0.717) is 5.78 Å². The van der Waals surface area contributed by atoms with E-state index in [1.54, 1.807) is 0 Å². The molecule has 0 spiro atoms. The summed E-state index contributed by atoms with van der Waals surface area (Å²) < 4.78 is 2.20. The van der Waals surface area contributed by atoms with Crippen molar-refractivity contribution in [2.75, 3.05) is 19.6 Å². The minimum atomic E-state index is 0.156. The van der Waals surface area contributed by atoms with Crippen LogP contribution in [0, 0.1) is 5.92 Å². The van der Waals surface area contributed by atoms with Crippen molar-refractivity contribution >= 4 is 16.7 Å². The molecular weight excluding hydrogens is 260 g/mol. The number of aryl methyl sites for hydroxylation is 1. The number of aromatic nitrogens is 1. The second-order valence-corrected chi connectivity index (χ2v) is 5.98. The molecule has 1 atom stereocenters. The largest absolute Gasteiger partial charge is 0.347 e. The third-order valence-electron chi connectivity index (χ3n) is 4.95. The van der Waals surface area contributed by atoms with Crippen LogP contribution in [0.4, 0.5) is 0 Å². The molecule has 3 rings (SSSR count). The number of carbonyl (C=O) groups excluding carboxylic acids is 1. The fourth-order valence-electron chi connectivity index (χ4n) is 3.63. The summed E-state index contributed by atoms with van der Waals surface area (Å²) in [5.74, 6) is 0.503. The van der Waals surface area contributed by atoms with Gasteiger partial charge in [-0.1, -0.05) is 32.0 Å². The molecule has 3 nitrogen and oxygen atoms in total. The van der Waals surface area contributed by atoms with Gasteiger partial charge < -0.3 is 9.47 Å². The fourth-order valence-corrected chi connectivity index (χ4v) is 3.63. The van der Waals surface area contributed by atoms with Gasteiger partial charge in [0.25, 0.3) is 0 Å². The molecule has 0 bridgehead atoms. The zero-order valence-electron chi connectivity index (χ0n) is 13.2. The maximum atomic E-state index is 13.0. The third kappa shape index (κ3) is 2.30. The Labute approximate surface area is 126 Å². The van der Waals surface area contributed by atoms with Gasteiger partial charge in [-0.05, 0) is 32.0 Å². The van der Waals surface area contributed by atoms with Gasteiger partial charge in [-0.2, -0.15) is 0 Å². The lowest BCUT2D eigenvalue weighted by Crippen LogP contribution is -2.35. The summed E-state index contributed by atoms with van der Waals surface area (Å²) in [5.41, 5.74) is 3.38. The van der Waals surface area contributed by atoms with Gasteiger partial charge in [0.15, 0.2) is 5.78 Å². The Bertz CT molecular complexity index is 667. The molecule has 21 heavy (non-hydrogen) atoms. The molecule has 0 saturated carbocycles. The van der Waals surface area contributed by atoms with Crippen molar-refractivity contribution in [3.8, 4) is 0 Å². The SMILES string of the molecule is CCN(CC)C[C@@H]1CCc2c(c3ccccc3n2C)C1=O. The lowest BCUT2D eigenvalue weighted by atomic mass is 9.84. The number of nitrogens with zero attached hydrogens (tertiary/aromatic N) is 2. The van der Waals surface area contributed by atoms with Gasteiger partial charge in [-0.15, -0.1) is 0 Å². The predicted octanol–water partition coefficient (Wildman–Crippen LogP) is 3.27. The maximum absolute atomic E-state index is 13.0. The number of para-hydroxylation sites is 1. The monoisotopic (exact) mass is 284 g/mol. The van der Waals surface area contributed by atoms with Gasteiger partial charge in [0.05, 0.1) is 0 Å². The third-order valence-corrected chi connectivity index (χ3v) is 4.95. The van der Waals surface area contributed by atoms with Gasteiger partial charge in [0, 0.05) is 41.7 Å². The smallest absolute Gasteiger partial charge is 0.169 e. The van der Waals surface area contributed by atoms with Crippen LogP contribution >= 0.6 is 0 Å². The number of fused-ring (bicyclic) bond motifs is 3. The normalized spacial score (nSPS) is 18.5. The van der Waals surface area contributed by atoms with Crippen molar-refractivity contribution in [1.29, 1.82) is 0 Å². The van der Waals surface area contributed by atoms with E-state index in [1.165, 1.54) is 11.2 Å². The van der Waals surface area contributed by atoms with Gasteiger partial charge in [0.1, 0.15) is 0 Å². The number of hydrogen-bond donors (Lipinski definition) is 0. The molecule has 0 amide bonds. The van der Waals surface area contributed by atoms with E-state index in [0.717, 1.165) is 43.4 Å². The minimum Gasteiger partial charge on any atom is -0.347 e. The highest BCUT2D eigenvalue weighted by Gasteiger charge is 2.32. The molecule has 0 aliphatic heterocycles. The first kappa shape index (κ1) is 14.3. The molecule has 0 saturated heterocycles. The van der Waals surface area contributed by atoms with E-state index < -0.39 is 0 Å². The fraction of sp³-hybridized carbons (Fsp3) is 0.500. The van der Waals surface area contributed by atoms with E-state index in [-0.39, 0.29) is 5.92 Å². The highest BCUT2D eigenvalue weighted by atomic mass is 16.1. The van der Waals surface area contributed by atoms with Crippen molar-refractivity contribution in [3.63, 3.8) is 0 Å². The Morgan fingerprint density at radius 1 is 1.24 bits per heavy atom. The lowest BCUT2D eigenvalue weighted by Gasteiger charge is -2.27. The van der Waals surface area contributed by atoms with Gasteiger partial charge in [0.2, 0.25) is 0 Å². The molecule has 0 fully saturated rings. The van der Waals surface area contributed by atoms with E-state index >= 15 is 0 Å². The topological polar surface area (TPSA) is 25.2 Å². The number of Topliss-reactive ketones (excluding diaryl/α,β-unsaturated/α-hetero) is 1. The number of benzene rings is 1. The molecule has 0 unspecified atom stereocenters. The van der Waals surface area contributed by atoms with Crippen LogP contribution in [0.5, 0.6) is 0 Å². The quantitative estimate of drug-likeness (QED) is 0.861. The molecule has 112 valence electrons. The molecule has 1 aromatic heterocycles. The molecular formula is C18H24N2O. The minimum absolute atomic E-state index is 0.156. The molecule has 1 aliphatic rings. The van der Waals surface area contributed by atoms with Crippen LogP contribution in [0.1, 0.15) is 36.3 Å². The highest BCUT2D eigenvalue weighted by molar-refractivity contribution is 6.11. The van der Waals surface area contributed by atoms with Crippen LogP contribution in [-0.4, -0.2) is 34.9 Å². The predicted molar refractivity (Wildman–Crippen MR) is 86.8 cm³/mol. The van der Waals surface area contributed by atoms with Gasteiger partial charge >= 0.3 is 0 Å². The Balaban J connectivity index is 2.00. The highest BCUT2D eigenvalue weighted by Crippen LogP contribution is 2.33. The summed E-state index contributed by atoms with van der Waals surface area (Å²) in [6, 6.07) is 8.28. The van der Waals surface area contributed by atoms with Crippen LogP contribution in [0.3, 0.4) is 0 Å². The summed E-state index contributed by atoms with van der Waals surface area (Å²) in [4.78, 5) is 15.3. The number of rotatable bonds is 4. The summed E-state index contributed by atoms with van der Waals surface area (Å²) in [5, 5.41) is 1.13. The zero-order valence-corrected chi connectivity index (χ0v) is 13.2. The standard InChI is InChI=1S/C18H24N2O/c1-4-20(5-2)12-13-10-11-16-17(18(13)21)14-8-6-7-9-15(14)19(16)3/h6-9,13H,4-5,10-12H2,1-3H3/t13-/m0/s1. The summed E-state index contributed by atoms with van der Waals surface area (Å²) in [6.45, 7) is 7.26. The van der Waals surface area contributed by atoms with Crippen molar-refractivity contribution < 1.29 is 4.79 Å². The number of carbonyl (C=O) groups is 1. The molecule has 0 radical (unpaired) electrons. The molecule has 2 aromatic rings. The summed E-state index contributed by atoms with van der Waals surface area (Å²) >= 11 is 0. The average molecular weight is 284 g/mol. The van der Waals surface area contributed by atoms with Gasteiger partial charge in [-0.3, -0.25) is 4.79 Å². The first-order chi connectivity index (χ1) is 10.2. The van der Waals surface area contributed by atoms with Crippen molar-refractivity contribution in [2.24, 2.45) is 13.0 Å². The Hall–Kier alpha value is -1.61. The van der Waals surface area contributed by atoms with E-state index in [1.807, 2.05) is 12.1 Å². The van der Waals surface area contributed by atoms with Gasteiger partial charge in [-0.25, -0.2) is 0 Å². The van der Waals surface area contributed by atoms with Crippen LogP contribution in [-0.2, 0) is 13.5 Å². The first-order valence-corrected chi connectivity index (χ1v) is 8.00.